The molecule has 10 heteroatoms. The zero-order valence-electron chi connectivity index (χ0n) is 18.4. The lowest BCUT2D eigenvalue weighted by atomic mass is 9.88. The van der Waals surface area contributed by atoms with Gasteiger partial charge < -0.3 is 20.3 Å². The number of nitrogens with zero attached hydrogens (tertiary/aromatic N) is 4. The Morgan fingerprint density at radius 1 is 1.26 bits per heavy atom. The number of benzene rings is 1. The number of anilines is 2. The molecule has 4 heterocycles. The minimum absolute atomic E-state index is 0.0946. The van der Waals surface area contributed by atoms with Crippen LogP contribution < -0.4 is 15.4 Å². The Morgan fingerprint density at radius 3 is 2.79 bits per heavy atom. The lowest BCUT2D eigenvalue weighted by Gasteiger charge is -2.25. The van der Waals surface area contributed by atoms with Crippen LogP contribution in [0.5, 0.6) is 5.88 Å². The van der Waals surface area contributed by atoms with Crippen LogP contribution >= 0.6 is 0 Å². The topological polar surface area (TPSA) is 135 Å². The highest BCUT2D eigenvalue weighted by atomic mass is 19.1. The van der Waals surface area contributed by atoms with Crippen molar-refractivity contribution >= 4 is 28.4 Å². The monoisotopic (exact) mass is 463 g/mol. The fraction of sp³-hybridized carbons (Fsp3) is 0.333. The summed E-state index contributed by atoms with van der Waals surface area (Å²) in [7, 11) is 0. The van der Waals surface area contributed by atoms with E-state index in [4.69, 9.17) is 15.2 Å². The Labute approximate surface area is 194 Å². The van der Waals surface area contributed by atoms with Crippen LogP contribution in [-0.2, 0) is 4.74 Å². The number of nitriles is 1. The first-order chi connectivity index (χ1) is 16.4. The molecule has 9 nitrogen and oxygen atoms in total. The van der Waals surface area contributed by atoms with Crippen LogP contribution in [0.4, 0.5) is 20.7 Å². The molecule has 0 radical (unpaired) electrons. The number of nitrogens with two attached hydrogens (primary N) is 1. The van der Waals surface area contributed by atoms with E-state index in [1.54, 1.807) is 19.1 Å². The molecule has 2 aliphatic heterocycles. The summed E-state index contributed by atoms with van der Waals surface area (Å²) in [5, 5.41) is 20.3. The van der Waals surface area contributed by atoms with Crippen LogP contribution in [0.1, 0.15) is 29.9 Å². The second kappa shape index (κ2) is 8.43. The molecule has 1 fully saturated rings. The fourth-order valence-corrected chi connectivity index (χ4v) is 4.72. The van der Waals surface area contributed by atoms with Crippen LogP contribution in [0, 0.1) is 24.1 Å². The normalized spacial score (nSPS) is 19.3. The molecule has 5 rings (SSSR count). The molecule has 2 atom stereocenters. The molecule has 0 unspecified atom stereocenters. The van der Waals surface area contributed by atoms with E-state index in [1.165, 1.54) is 17.3 Å². The van der Waals surface area contributed by atoms with Crippen LogP contribution in [0.15, 0.2) is 24.5 Å². The number of amides is 1. The maximum absolute atomic E-state index is 15.4. The highest BCUT2D eigenvalue weighted by molar-refractivity contribution is 5.99. The number of rotatable bonds is 3. The molecule has 0 bridgehead atoms. The summed E-state index contributed by atoms with van der Waals surface area (Å²) in [4.78, 5) is 21.7. The minimum atomic E-state index is -1.14. The van der Waals surface area contributed by atoms with Gasteiger partial charge in [0, 0.05) is 47.5 Å². The molecule has 174 valence electrons. The summed E-state index contributed by atoms with van der Waals surface area (Å²) in [5.41, 5.74) is 8.10. The SMILES string of the molecule is Cc1c(-c2cc3cc(N(C(=O)O)[C@@H]4CCOC4)ncc3c(N)c2F)cnc2c1[C@@H](C#N)CCO2. The van der Waals surface area contributed by atoms with Crippen LogP contribution in [0.2, 0.25) is 0 Å². The van der Waals surface area contributed by atoms with Crippen molar-refractivity contribution in [2.45, 2.75) is 31.7 Å². The van der Waals surface area contributed by atoms with Gasteiger partial charge in [0.05, 0.1) is 36.9 Å². The molecule has 1 aromatic carbocycles. The van der Waals surface area contributed by atoms with Gasteiger partial charge in [-0.05, 0) is 36.4 Å². The minimum Gasteiger partial charge on any atom is -0.477 e. The number of ether oxygens (including phenoxy) is 2. The fourth-order valence-electron chi connectivity index (χ4n) is 4.72. The molecule has 2 aliphatic rings. The molecule has 0 spiro atoms. The molecule has 2 aromatic heterocycles. The van der Waals surface area contributed by atoms with Gasteiger partial charge in [-0.15, -0.1) is 0 Å². The lowest BCUT2D eigenvalue weighted by Crippen LogP contribution is -2.40. The molecule has 1 saturated heterocycles. The van der Waals surface area contributed by atoms with Gasteiger partial charge in [0.15, 0.2) is 5.82 Å². The summed E-state index contributed by atoms with van der Waals surface area (Å²) in [6.07, 6.45) is 2.85. The number of hydrogen-bond donors (Lipinski definition) is 2. The number of pyridine rings is 2. The van der Waals surface area contributed by atoms with Gasteiger partial charge in [-0.25, -0.2) is 19.2 Å². The molecule has 0 saturated carbocycles. The van der Waals surface area contributed by atoms with Gasteiger partial charge in [0.2, 0.25) is 5.88 Å². The summed E-state index contributed by atoms with van der Waals surface area (Å²) in [6, 6.07) is 5.12. The zero-order valence-corrected chi connectivity index (χ0v) is 18.4. The number of aromatic nitrogens is 2. The van der Waals surface area contributed by atoms with Gasteiger partial charge >= 0.3 is 6.09 Å². The summed E-state index contributed by atoms with van der Waals surface area (Å²) in [5.74, 6) is -0.427. The Balaban J connectivity index is 1.67. The van der Waals surface area contributed by atoms with Crippen molar-refractivity contribution in [2.75, 3.05) is 30.5 Å². The maximum Gasteiger partial charge on any atom is 0.413 e. The summed E-state index contributed by atoms with van der Waals surface area (Å²) in [6.45, 7) is 2.96. The third-order valence-electron chi connectivity index (χ3n) is 6.50. The van der Waals surface area contributed by atoms with E-state index in [0.717, 1.165) is 0 Å². The van der Waals surface area contributed by atoms with Gasteiger partial charge in [-0.2, -0.15) is 5.26 Å². The second-order valence-corrected chi connectivity index (χ2v) is 8.42. The lowest BCUT2D eigenvalue weighted by molar-refractivity contribution is 0.183. The van der Waals surface area contributed by atoms with Crippen molar-refractivity contribution in [3.8, 4) is 23.1 Å². The standard InChI is InChI=1S/C24H22FN5O4/c1-12-17(9-29-23-20(12)13(8-26)2-5-34-23)16-6-14-7-19(28-10-18(14)22(27)21(16)25)30(24(31)32)15-3-4-33-11-15/h6-7,9-10,13,15H,2-5,11,27H2,1H3,(H,31,32)/t13-,15-/m1/s1. The smallest absolute Gasteiger partial charge is 0.413 e. The second-order valence-electron chi connectivity index (χ2n) is 8.42. The number of fused-ring (bicyclic) bond motifs is 2. The van der Waals surface area contributed by atoms with Crippen molar-refractivity contribution in [3.05, 3.63) is 41.5 Å². The van der Waals surface area contributed by atoms with E-state index in [0.29, 0.717) is 59.4 Å². The number of carbonyl (C=O) groups is 1. The highest BCUT2D eigenvalue weighted by Crippen LogP contribution is 2.41. The molecular weight excluding hydrogens is 441 g/mol. The van der Waals surface area contributed by atoms with Gasteiger partial charge in [0.25, 0.3) is 0 Å². The van der Waals surface area contributed by atoms with E-state index in [-0.39, 0.29) is 29.7 Å². The highest BCUT2D eigenvalue weighted by Gasteiger charge is 2.31. The maximum atomic E-state index is 15.4. The summed E-state index contributed by atoms with van der Waals surface area (Å²) >= 11 is 0. The number of halogens is 1. The van der Waals surface area contributed by atoms with Gasteiger partial charge in [0.1, 0.15) is 5.82 Å². The van der Waals surface area contributed by atoms with E-state index in [2.05, 4.69) is 16.0 Å². The van der Waals surface area contributed by atoms with Crippen molar-refractivity contribution in [1.29, 1.82) is 5.26 Å². The quantitative estimate of drug-likeness (QED) is 0.557. The van der Waals surface area contributed by atoms with E-state index in [1.807, 2.05) is 0 Å². The van der Waals surface area contributed by atoms with Gasteiger partial charge in [-0.3, -0.25) is 4.90 Å². The molecule has 3 aromatic rings. The Kier molecular flexibility index (Phi) is 5.42. The van der Waals surface area contributed by atoms with E-state index >= 15 is 4.39 Å². The number of carboxylic acid groups (broad SMARTS) is 1. The molecular formula is C24H22FN5O4. The largest absolute Gasteiger partial charge is 0.477 e. The molecule has 34 heavy (non-hydrogen) atoms. The molecule has 3 N–H and O–H groups in total. The average Bonchev–Trinajstić information content (AvgIpc) is 3.35. The third-order valence-corrected chi connectivity index (χ3v) is 6.50. The Morgan fingerprint density at radius 2 is 2.09 bits per heavy atom. The Hall–Kier alpha value is -3.97. The van der Waals surface area contributed by atoms with Gasteiger partial charge in [-0.1, -0.05) is 0 Å². The van der Waals surface area contributed by atoms with Crippen LogP contribution in [0.25, 0.3) is 21.9 Å². The first-order valence-corrected chi connectivity index (χ1v) is 10.9. The van der Waals surface area contributed by atoms with Crippen molar-refractivity contribution in [1.82, 2.24) is 9.97 Å². The number of nitrogen functional groups attached to an aromatic ring is 1. The summed E-state index contributed by atoms with van der Waals surface area (Å²) < 4.78 is 26.4. The van der Waals surface area contributed by atoms with Crippen molar-refractivity contribution in [3.63, 3.8) is 0 Å². The van der Waals surface area contributed by atoms with Crippen molar-refractivity contribution < 1.29 is 23.8 Å². The third kappa shape index (κ3) is 3.45. The first-order valence-electron chi connectivity index (χ1n) is 10.9. The molecule has 1 amide bonds. The average molecular weight is 463 g/mol. The predicted octanol–water partition coefficient (Wildman–Crippen LogP) is 3.99. The van der Waals surface area contributed by atoms with Crippen LogP contribution in [0.3, 0.4) is 0 Å². The van der Waals surface area contributed by atoms with E-state index in [9.17, 15) is 15.2 Å². The zero-order chi connectivity index (χ0) is 24.0. The number of hydrogen-bond acceptors (Lipinski definition) is 7. The van der Waals surface area contributed by atoms with Crippen molar-refractivity contribution in [2.24, 2.45) is 0 Å². The van der Waals surface area contributed by atoms with E-state index < -0.39 is 17.8 Å². The van der Waals surface area contributed by atoms with Crippen LogP contribution in [-0.4, -0.2) is 47.0 Å². The first kappa shape index (κ1) is 21.9. The Bertz CT molecular complexity index is 1350. The predicted molar refractivity (Wildman–Crippen MR) is 122 cm³/mol. The molecule has 0 aliphatic carbocycles.